The fourth-order valence-electron chi connectivity index (χ4n) is 2.04. The molecule has 0 bridgehead atoms. The molecule has 130 valence electrons. The largest absolute Gasteiger partial charge is 0.224 e. The fraction of sp³-hybridized carbons (Fsp3) is 0.143. The maximum Gasteiger partial charge on any atom is 0.177 e. The Bertz CT molecular complexity index is 959. The quantitative estimate of drug-likeness (QED) is 0.679. The summed E-state index contributed by atoms with van der Waals surface area (Å²) in [5.41, 5.74) is 0.669. The van der Waals surface area contributed by atoms with Gasteiger partial charge in [-0.3, -0.25) is 0 Å². The minimum absolute atomic E-state index is 0.0312. The van der Waals surface area contributed by atoms with Gasteiger partial charge < -0.3 is 0 Å². The van der Waals surface area contributed by atoms with Crippen molar-refractivity contribution >= 4 is 66.1 Å². The molecular weight excluding hydrogens is 438 g/mol. The second kappa shape index (κ2) is 6.67. The fourth-order valence-corrected chi connectivity index (χ4v) is 5.36. The molecule has 0 spiro atoms. The lowest BCUT2D eigenvalue weighted by Gasteiger charge is -2.12. The predicted octanol–water partition coefficient (Wildman–Crippen LogP) is 4.77. The first-order valence-corrected chi connectivity index (χ1v) is 11.5. The molecule has 2 aromatic carbocycles. The number of rotatable bonds is 3. The van der Waals surface area contributed by atoms with E-state index in [2.05, 4.69) is 0 Å². The van der Waals surface area contributed by atoms with Crippen LogP contribution in [0.5, 0.6) is 0 Å². The molecule has 0 aromatic heterocycles. The molecule has 24 heavy (non-hydrogen) atoms. The normalized spacial score (nSPS) is 12.4. The standard InChI is InChI=1S/C14H10Cl4O4S2/c1-23(19,20)13-5-9(15)7(3-11(13)17)8-4-12(18)14(6-10(8)16)24(2,21)22/h3-6H,1-2H3. The topological polar surface area (TPSA) is 68.3 Å². The van der Waals surface area contributed by atoms with Crippen LogP contribution in [-0.2, 0) is 19.7 Å². The van der Waals surface area contributed by atoms with E-state index < -0.39 is 19.7 Å². The van der Waals surface area contributed by atoms with E-state index >= 15 is 0 Å². The van der Waals surface area contributed by atoms with Crippen molar-refractivity contribution in [1.29, 1.82) is 0 Å². The number of sulfone groups is 2. The monoisotopic (exact) mass is 446 g/mol. The lowest BCUT2D eigenvalue weighted by atomic mass is 10.1. The Kier molecular flexibility index (Phi) is 5.50. The Hall–Kier alpha value is -0.500. The molecule has 0 unspecified atom stereocenters. The average Bonchev–Trinajstić information content (AvgIpc) is 2.41. The summed E-state index contributed by atoms with van der Waals surface area (Å²) in [6.45, 7) is 0. The summed E-state index contributed by atoms with van der Waals surface area (Å²) in [5, 5.41) is 0.113. The van der Waals surface area contributed by atoms with Crippen LogP contribution in [0.25, 0.3) is 11.1 Å². The maximum absolute atomic E-state index is 11.7. The minimum Gasteiger partial charge on any atom is -0.224 e. The van der Waals surface area contributed by atoms with Crippen LogP contribution in [0.15, 0.2) is 34.1 Å². The number of hydrogen-bond donors (Lipinski definition) is 0. The van der Waals surface area contributed by atoms with Gasteiger partial charge in [-0.15, -0.1) is 0 Å². The second-order valence-corrected chi connectivity index (χ2v) is 10.7. The molecule has 2 rings (SSSR count). The molecule has 0 aliphatic rings. The highest BCUT2D eigenvalue weighted by Crippen LogP contribution is 2.40. The summed E-state index contributed by atoms with van der Waals surface area (Å²) in [6.07, 6.45) is 2.02. The van der Waals surface area contributed by atoms with E-state index in [4.69, 9.17) is 46.4 Å². The van der Waals surface area contributed by atoms with Crippen molar-refractivity contribution in [3.05, 3.63) is 44.4 Å². The zero-order chi connectivity index (χ0) is 18.4. The van der Waals surface area contributed by atoms with Crippen molar-refractivity contribution in [1.82, 2.24) is 0 Å². The molecule has 0 saturated heterocycles. The first-order valence-electron chi connectivity index (χ1n) is 6.21. The van der Waals surface area contributed by atoms with Gasteiger partial charge in [0.25, 0.3) is 0 Å². The Balaban J connectivity index is 2.75. The van der Waals surface area contributed by atoms with Crippen LogP contribution >= 0.6 is 46.4 Å². The molecule has 0 atom stereocenters. The third kappa shape index (κ3) is 4.00. The first kappa shape index (κ1) is 19.8. The summed E-state index contributed by atoms with van der Waals surface area (Å²) in [6, 6.07) is 5.11. The van der Waals surface area contributed by atoms with Crippen LogP contribution in [0, 0.1) is 0 Å². The Morgan fingerprint density at radius 2 is 0.875 bits per heavy atom. The average molecular weight is 448 g/mol. The van der Waals surface area contributed by atoms with Crippen LogP contribution in [0.1, 0.15) is 0 Å². The summed E-state index contributed by atoms with van der Waals surface area (Å²) in [4.78, 5) is -0.235. The summed E-state index contributed by atoms with van der Waals surface area (Å²) >= 11 is 24.4. The van der Waals surface area contributed by atoms with Crippen molar-refractivity contribution in [3.63, 3.8) is 0 Å². The van der Waals surface area contributed by atoms with Gasteiger partial charge in [0.05, 0.1) is 19.8 Å². The molecule has 0 saturated carbocycles. The first-order chi connectivity index (χ1) is 10.8. The smallest absolute Gasteiger partial charge is 0.177 e. The molecule has 10 heteroatoms. The molecule has 0 fully saturated rings. The molecule has 0 N–H and O–H groups in total. The van der Waals surface area contributed by atoms with Gasteiger partial charge in [0.15, 0.2) is 19.7 Å². The van der Waals surface area contributed by atoms with E-state index in [1.165, 1.54) is 24.3 Å². The lowest BCUT2D eigenvalue weighted by molar-refractivity contribution is 0.600. The molecule has 0 aliphatic carbocycles. The summed E-state index contributed by atoms with van der Waals surface area (Å²) in [7, 11) is -7.11. The summed E-state index contributed by atoms with van der Waals surface area (Å²) in [5.74, 6) is 0. The molecule has 0 heterocycles. The molecule has 4 nitrogen and oxygen atoms in total. The van der Waals surface area contributed by atoms with Crippen LogP contribution in [-0.4, -0.2) is 29.3 Å². The van der Waals surface area contributed by atoms with Crippen molar-refractivity contribution in [2.24, 2.45) is 0 Å². The van der Waals surface area contributed by atoms with Crippen LogP contribution in [0.4, 0.5) is 0 Å². The van der Waals surface area contributed by atoms with E-state index in [9.17, 15) is 16.8 Å². The Morgan fingerprint density at radius 3 is 1.12 bits per heavy atom. The third-order valence-corrected chi connectivity index (χ3v) is 6.88. The number of halogens is 4. The molecule has 2 aromatic rings. The molecular formula is C14H10Cl4O4S2. The van der Waals surface area contributed by atoms with Crippen LogP contribution in [0.3, 0.4) is 0 Å². The SMILES string of the molecule is CS(=O)(=O)c1cc(Cl)c(-c2cc(Cl)c(S(C)(=O)=O)cc2Cl)cc1Cl. The highest BCUT2D eigenvalue weighted by Gasteiger charge is 2.20. The van der Waals surface area contributed by atoms with Crippen molar-refractivity contribution in [2.45, 2.75) is 9.79 Å². The van der Waals surface area contributed by atoms with Gasteiger partial charge in [-0.2, -0.15) is 0 Å². The van der Waals surface area contributed by atoms with Gasteiger partial charge in [0.1, 0.15) is 0 Å². The van der Waals surface area contributed by atoms with Gasteiger partial charge in [0.2, 0.25) is 0 Å². The van der Waals surface area contributed by atoms with Crippen molar-refractivity contribution < 1.29 is 16.8 Å². The van der Waals surface area contributed by atoms with Crippen molar-refractivity contribution in [3.8, 4) is 11.1 Å². The van der Waals surface area contributed by atoms with Gasteiger partial charge in [-0.05, 0) is 24.3 Å². The summed E-state index contributed by atoms with van der Waals surface area (Å²) < 4.78 is 46.7. The maximum atomic E-state index is 11.7. The van der Waals surface area contributed by atoms with E-state index in [1.807, 2.05) is 0 Å². The van der Waals surface area contributed by atoms with Gasteiger partial charge in [-0.1, -0.05) is 46.4 Å². The van der Waals surface area contributed by atoms with E-state index in [-0.39, 0.29) is 29.9 Å². The molecule has 0 amide bonds. The van der Waals surface area contributed by atoms with E-state index in [0.717, 1.165) is 12.5 Å². The Morgan fingerprint density at radius 1 is 0.583 bits per heavy atom. The zero-order valence-corrected chi connectivity index (χ0v) is 16.9. The van der Waals surface area contributed by atoms with Gasteiger partial charge in [0, 0.05) is 33.7 Å². The number of benzene rings is 2. The van der Waals surface area contributed by atoms with Gasteiger partial charge >= 0.3 is 0 Å². The van der Waals surface area contributed by atoms with Crippen LogP contribution < -0.4 is 0 Å². The molecule has 0 aliphatic heterocycles. The second-order valence-electron chi connectivity index (χ2n) is 5.07. The lowest BCUT2D eigenvalue weighted by Crippen LogP contribution is -2.00. The third-order valence-electron chi connectivity index (χ3n) is 3.13. The molecule has 0 radical (unpaired) electrons. The Labute approximate surface area is 160 Å². The van der Waals surface area contributed by atoms with E-state index in [1.54, 1.807) is 0 Å². The highest BCUT2D eigenvalue weighted by atomic mass is 35.5. The van der Waals surface area contributed by atoms with E-state index in [0.29, 0.717) is 11.1 Å². The van der Waals surface area contributed by atoms with Crippen LogP contribution in [0.2, 0.25) is 20.1 Å². The highest BCUT2D eigenvalue weighted by molar-refractivity contribution is 7.91. The van der Waals surface area contributed by atoms with Crippen molar-refractivity contribution in [2.75, 3.05) is 12.5 Å². The minimum atomic E-state index is -3.55. The van der Waals surface area contributed by atoms with Gasteiger partial charge in [-0.25, -0.2) is 16.8 Å². The number of hydrogen-bond acceptors (Lipinski definition) is 4. The predicted molar refractivity (Wildman–Crippen MR) is 98.1 cm³/mol. The zero-order valence-electron chi connectivity index (χ0n) is 12.3.